The van der Waals surface area contributed by atoms with Crippen molar-refractivity contribution < 1.29 is 9.47 Å². The molecule has 3 rings (SSSR count). The zero-order valence-electron chi connectivity index (χ0n) is 10.5. The van der Waals surface area contributed by atoms with Crippen molar-refractivity contribution in [3.8, 4) is 0 Å². The monoisotopic (exact) mass is 268 g/mol. The van der Waals surface area contributed by atoms with Gasteiger partial charge < -0.3 is 9.47 Å². The summed E-state index contributed by atoms with van der Waals surface area (Å²) < 4.78 is 11.4. The summed E-state index contributed by atoms with van der Waals surface area (Å²) in [6, 6.07) is 4.00. The molecular weight excluding hydrogens is 252 g/mol. The molecule has 1 aromatic rings. The molecule has 0 radical (unpaired) electrons. The molecular formula is C13H17ClN2O2. The molecule has 0 aromatic carbocycles. The number of aryl methyl sites for hydroxylation is 1. The molecule has 0 aliphatic carbocycles. The Morgan fingerprint density at radius 1 is 1.39 bits per heavy atom. The van der Waals surface area contributed by atoms with Crippen molar-refractivity contribution in [3.05, 3.63) is 28.5 Å². The van der Waals surface area contributed by atoms with E-state index >= 15 is 0 Å². The van der Waals surface area contributed by atoms with Gasteiger partial charge in [0.05, 0.1) is 19.8 Å². The van der Waals surface area contributed by atoms with Gasteiger partial charge in [-0.2, -0.15) is 0 Å². The second-order valence-corrected chi connectivity index (χ2v) is 5.40. The van der Waals surface area contributed by atoms with Crippen molar-refractivity contribution in [1.82, 2.24) is 9.88 Å². The minimum Gasteiger partial charge on any atom is -0.346 e. The summed E-state index contributed by atoms with van der Waals surface area (Å²) >= 11 is 5.98. The summed E-state index contributed by atoms with van der Waals surface area (Å²) in [5, 5.41) is 0.562. The summed E-state index contributed by atoms with van der Waals surface area (Å²) in [5.74, 6) is -0.341. The Bertz CT molecular complexity index is 426. The van der Waals surface area contributed by atoms with E-state index in [2.05, 4.69) is 16.0 Å². The lowest BCUT2D eigenvalue weighted by Crippen LogP contribution is -2.34. The van der Waals surface area contributed by atoms with Crippen LogP contribution < -0.4 is 0 Å². The SMILES string of the molecule is Cc1cc(CN2CCC3(C2)OCCO3)cc(Cl)n1. The van der Waals surface area contributed by atoms with Crippen LogP contribution in [0.4, 0.5) is 0 Å². The van der Waals surface area contributed by atoms with Crippen LogP contribution in [-0.2, 0) is 16.0 Å². The molecule has 0 amide bonds. The van der Waals surface area contributed by atoms with Gasteiger partial charge in [0.1, 0.15) is 5.15 Å². The molecule has 98 valence electrons. The topological polar surface area (TPSA) is 34.6 Å². The van der Waals surface area contributed by atoms with E-state index in [4.69, 9.17) is 21.1 Å². The van der Waals surface area contributed by atoms with Crippen molar-refractivity contribution in [2.24, 2.45) is 0 Å². The number of ether oxygens (including phenoxy) is 2. The van der Waals surface area contributed by atoms with Crippen molar-refractivity contribution >= 4 is 11.6 Å². The maximum atomic E-state index is 5.98. The molecule has 18 heavy (non-hydrogen) atoms. The van der Waals surface area contributed by atoms with E-state index in [9.17, 15) is 0 Å². The lowest BCUT2D eigenvalue weighted by atomic mass is 10.2. The average molecular weight is 269 g/mol. The van der Waals surface area contributed by atoms with Gasteiger partial charge in [-0.05, 0) is 24.6 Å². The molecule has 4 nitrogen and oxygen atoms in total. The predicted molar refractivity (Wildman–Crippen MR) is 68.5 cm³/mol. The van der Waals surface area contributed by atoms with Crippen LogP contribution in [0.1, 0.15) is 17.7 Å². The second-order valence-electron chi connectivity index (χ2n) is 5.01. The smallest absolute Gasteiger partial charge is 0.182 e. The van der Waals surface area contributed by atoms with Gasteiger partial charge in [-0.3, -0.25) is 4.90 Å². The maximum absolute atomic E-state index is 5.98. The number of pyridine rings is 1. The highest BCUT2D eigenvalue weighted by atomic mass is 35.5. The van der Waals surface area contributed by atoms with E-state index in [1.165, 1.54) is 5.56 Å². The largest absolute Gasteiger partial charge is 0.346 e. The maximum Gasteiger partial charge on any atom is 0.182 e. The molecule has 2 aliphatic heterocycles. The molecule has 2 saturated heterocycles. The number of halogens is 1. The van der Waals surface area contributed by atoms with Crippen LogP contribution in [0.3, 0.4) is 0 Å². The standard InChI is InChI=1S/C13H17ClN2O2/c1-10-6-11(7-12(14)15-10)8-16-3-2-13(9-16)17-4-5-18-13/h6-7H,2-5,8-9H2,1H3. The first kappa shape index (κ1) is 12.4. The van der Waals surface area contributed by atoms with E-state index in [1.807, 2.05) is 13.0 Å². The first-order valence-electron chi connectivity index (χ1n) is 6.29. The van der Waals surface area contributed by atoms with Gasteiger partial charge in [0.2, 0.25) is 0 Å². The second kappa shape index (κ2) is 4.78. The number of nitrogens with zero attached hydrogens (tertiary/aromatic N) is 2. The van der Waals surface area contributed by atoms with Gasteiger partial charge in [0.25, 0.3) is 0 Å². The van der Waals surface area contributed by atoms with Gasteiger partial charge >= 0.3 is 0 Å². The Hall–Kier alpha value is -0.680. The van der Waals surface area contributed by atoms with Crippen LogP contribution >= 0.6 is 11.6 Å². The van der Waals surface area contributed by atoms with Gasteiger partial charge in [-0.25, -0.2) is 4.98 Å². The van der Waals surface area contributed by atoms with Crippen molar-refractivity contribution in [3.63, 3.8) is 0 Å². The molecule has 0 N–H and O–H groups in total. The first-order valence-corrected chi connectivity index (χ1v) is 6.66. The third-order valence-corrected chi connectivity index (χ3v) is 3.67. The number of hydrogen-bond acceptors (Lipinski definition) is 4. The number of rotatable bonds is 2. The molecule has 1 aromatic heterocycles. The van der Waals surface area contributed by atoms with Crippen LogP contribution in [0, 0.1) is 6.92 Å². The van der Waals surface area contributed by atoms with Crippen molar-refractivity contribution in [2.45, 2.75) is 25.7 Å². The first-order chi connectivity index (χ1) is 8.65. The van der Waals surface area contributed by atoms with E-state index in [0.29, 0.717) is 18.4 Å². The third-order valence-electron chi connectivity index (χ3n) is 3.48. The molecule has 2 aliphatic rings. The summed E-state index contributed by atoms with van der Waals surface area (Å²) in [5.41, 5.74) is 2.15. The number of aromatic nitrogens is 1. The van der Waals surface area contributed by atoms with Crippen LogP contribution in [0.2, 0.25) is 5.15 Å². The van der Waals surface area contributed by atoms with Crippen molar-refractivity contribution in [2.75, 3.05) is 26.3 Å². The zero-order chi connectivity index (χ0) is 12.6. The summed E-state index contributed by atoms with van der Waals surface area (Å²) in [4.78, 5) is 6.52. The van der Waals surface area contributed by atoms with E-state index < -0.39 is 0 Å². The highest BCUT2D eigenvalue weighted by Crippen LogP contribution is 2.31. The minimum absolute atomic E-state index is 0.341. The fourth-order valence-electron chi connectivity index (χ4n) is 2.74. The zero-order valence-corrected chi connectivity index (χ0v) is 11.2. The molecule has 1 spiro atoms. The van der Waals surface area contributed by atoms with E-state index in [-0.39, 0.29) is 5.79 Å². The molecule has 0 saturated carbocycles. The Morgan fingerprint density at radius 2 is 2.17 bits per heavy atom. The highest BCUT2D eigenvalue weighted by Gasteiger charge is 2.43. The van der Waals surface area contributed by atoms with Crippen LogP contribution in [-0.4, -0.2) is 42.0 Å². The lowest BCUT2D eigenvalue weighted by Gasteiger charge is -2.22. The predicted octanol–water partition coefficient (Wildman–Crippen LogP) is 1.99. The Labute approximate surface area is 112 Å². The molecule has 0 unspecified atom stereocenters. The van der Waals surface area contributed by atoms with Gasteiger partial charge in [-0.15, -0.1) is 0 Å². The minimum atomic E-state index is -0.341. The summed E-state index contributed by atoms with van der Waals surface area (Å²) in [7, 11) is 0. The molecule has 0 atom stereocenters. The van der Waals surface area contributed by atoms with E-state index in [0.717, 1.165) is 31.7 Å². The number of hydrogen-bond donors (Lipinski definition) is 0. The fraction of sp³-hybridized carbons (Fsp3) is 0.615. The van der Waals surface area contributed by atoms with Gasteiger partial charge in [-0.1, -0.05) is 11.6 Å². The fourth-order valence-corrected chi connectivity index (χ4v) is 3.01. The van der Waals surface area contributed by atoms with Crippen LogP contribution in [0.5, 0.6) is 0 Å². The average Bonchev–Trinajstić information content (AvgIpc) is 2.89. The summed E-state index contributed by atoms with van der Waals surface area (Å²) in [6.07, 6.45) is 0.949. The van der Waals surface area contributed by atoms with Crippen molar-refractivity contribution in [1.29, 1.82) is 0 Å². The molecule has 3 heterocycles. The highest BCUT2D eigenvalue weighted by molar-refractivity contribution is 6.29. The quantitative estimate of drug-likeness (QED) is 0.769. The summed E-state index contributed by atoms with van der Waals surface area (Å²) in [6.45, 7) is 6.11. The lowest BCUT2D eigenvalue weighted by molar-refractivity contribution is -0.145. The van der Waals surface area contributed by atoms with Crippen LogP contribution in [0.15, 0.2) is 12.1 Å². The van der Waals surface area contributed by atoms with Gasteiger partial charge in [0, 0.05) is 25.2 Å². The van der Waals surface area contributed by atoms with Gasteiger partial charge in [0.15, 0.2) is 5.79 Å². The molecule has 2 fully saturated rings. The van der Waals surface area contributed by atoms with E-state index in [1.54, 1.807) is 0 Å². The Kier molecular flexibility index (Phi) is 3.28. The Morgan fingerprint density at radius 3 is 2.89 bits per heavy atom. The number of likely N-dealkylation sites (tertiary alicyclic amines) is 1. The normalized spacial score (nSPS) is 23.0. The van der Waals surface area contributed by atoms with Crippen LogP contribution in [0.25, 0.3) is 0 Å². The Balaban J connectivity index is 1.67. The molecule has 0 bridgehead atoms. The third kappa shape index (κ3) is 2.52. The molecule has 5 heteroatoms.